The lowest BCUT2D eigenvalue weighted by molar-refractivity contribution is -0.123. The largest absolute Gasteiger partial charge is 0.379 e. The van der Waals surface area contributed by atoms with Gasteiger partial charge in [-0.2, -0.15) is 0 Å². The van der Waals surface area contributed by atoms with E-state index in [0.29, 0.717) is 38.4 Å². The summed E-state index contributed by atoms with van der Waals surface area (Å²) in [7, 11) is 0. The van der Waals surface area contributed by atoms with E-state index >= 15 is 0 Å². The van der Waals surface area contributed by atoms with Crippen LogP contribution in [0.3, 0.4) is 0 Å². The normalized spacial score (nSPS) is 14.8. The maximum atomic E-state index is 12.5. The van der Waals surface area contributed by atoms with Crippen molar-refractivity contribution in [1.29, 1.82) is 0 Å². The maximum absolute atomic E-state index is 12.5. The fraction of sp³-hybridized carbons (Fsp3) is 0.400. The topological polar surface area (TPSA) is 99.8 Å². The van der Waals surface area contributed by atoms with E-state index in [1.807, 2.05) is 54.6 Å². The van der Waals surface area contributed by atoms with Gasteiger partial charge in [0.1, 0.15) is 0 Å². The smallest absolute Gasteiger partial charge is 0.225 e. The minimum Gasteiger partial charge on any atom is -0.379 e. The summed E-state index contributed by atoms with van der Waals surface area (Å²) in [4.78, 5) is 38.6. The monoisotopic (exact) mass is 452 g/mol. The molecule has 0 radical (unpaired) electrons. The second-order valence-corrected chi connectivity index (χ2v) is 8.10. The first-order valence-corrected chi connectivity index (χ1v) is 11.3. The van der Waals surface area contributed by atoms with Crippen LogP contribution in [0.1, 0.15) is 36.9 Å². The number of ether oxygens (including phenoxy) is 1. The van der Waals surface area contributed by atoms with Gasteiger partial charge in [-0.3, -0.25) is 19.3 Å². The molecule has 8 heteroatoms. The predicted octanol–water partition coefficient (Wildman–Crippen LogP) is 2.23. The minimum absolute atomic E-state index is 0.0383. The standard InChI is InChI=1S/C25H32N4O4/c1-19(30)27-23(21-7-3-2-4-8-21)17-25(32)26-18-20-6-5-9-22(16-20)28-24(31)10-11-29-12-14-33-15-13-29/h2-9,16,23H,10-15,17-18H2,1H3,(H,26,32)(H,27,30)(H,28,31). The maximum Gasteiger partial charge on any atom is 0.225 e. The summed E-state index contributed by atoms with van der Waals surface area (Å²) in [5.41, 5.74) is 2.46. The summed E-state index contributed by atoms with van der Waals surface area (Å²) in [6.45, 7) is 5.62. The third kappa shape index (κ3) is 8.67. The summed E-state index contributed by atoms with van der Waals surface area (Å²) in [5, 5.41) is 8.66. The molecule has 2 aromatic carbocycles. The van der Waals surface area contributed by atoms with E-state index in [9.17, 15) is 14.4 Å². The Morgan fingerprint density at radius 2 is 1.76 bits per heavy atom. The van der Waals surface area contributed by atoms with Gasteiger partial charge in [0.15, 0.2) is 0 Å². The van der Waals surface area contributed by atoms with Gasteiger partial charge < -0.3 is 20.7 Å². The van der Waals surface area contributed by atoms with Crippen molar-refractivity contribution < 1.29 is 19.1 Å². The number of anilines is 1. The van der Waals surface area contributed by atoms with Crippen molar-refractivity contribution in [2.24, 2.45) is 0 Å². The molecule has 3 rings (SSSR count). The van der Waals surface area contributed by atoms with Crippen LogP contribution in [0.5, 0.6) is 0 Å². The zero-order valence-corrected chi connectivity index (χ0v) is 19.0. The molecule has 1 saturated heterocycles. The number of carbonyl (C=O) groups excluding carboxylic acids is 3. The molecule has 3 amide bonds. The molecule has 0 bridgehead atoms. The Labute approximate surface area is 194 Å². The molecule has 1 atom stereocenters. The molecule has 176 valence electrons. The van der Waals surface area contributed by atoms with Crippen molar-refractivity contribution in [3.8, 4) is 0 Å². The molecule has 1 fully saturated rings. The van der Waals surface area contributed by atoms with Gasteiger partial charge in [0, 0.05) is 45.2 Å². The van der Waals surface area contributed by atoms with Gasteiger partial charge in [-0.15, -0.1) is 0 Å². The minimum atomic E-state index is -0.388. The number of hydrogen-bond acceptors (Lipinski definition) is 5. The third-order valence-electron chi connectivity index (χ3n) is 5.43. The van der Waals surface area contributed by atoms with E-state index in [1.54, 1.807) is 0 Å². The number of nitrogens with zero attached hydrogens (tertiary/aromatic N) is 1. The molecular formula is C25H32N4O4. The SMILES string of the molecule is CC(=O)NC(CC(=O)NCc1cccc(NC(=O)CCN2CCOCC2)c1)c1ccccc1. The number of rotatable bonds is 10. The fourth-order valence-corrected chi connectivity index (χ4v) is 3.71. The Bertz CT molecular complexity index is 929. The van der Waals surface area contributed by atoms with Crippen molar-refractivity contribution in [3.63, 3.8) is 0 Å². The van der Waals surface area contributed by atoms with Gasteiger partial charge in [-0.05, 0) is 23.3 Å². The lowest BCUT2D eigenvalue weighted by Gasteiger charge is -2.26. The van der Waals surface area contributed by atoms with Crippen molar-refractivity contribution in [2.45, 2.75) is 32.4 Å². The summed E-state index contributed by atoms with van der Waals surface area (Å²) in [5.74, 6) is -0.394. The van der Waals surface area contributed by atoms with Crippen LogP contribution in [-0.4, -0.2) is 55.5 Å². The van der Waals surface area contributed by atoms with Gasteiger partial charge in [-0.1, -0.05) is 42.5 Å². The number of carbonyl (C=O) groups is 3. The molecule has 0 aliphatic carbocycles. The Kier molecular flexibility index (Phi) is 9.41. The first kappa shape index (κ1) is 24.4. The van der Waals surface area contributed by atoms with Crippen LogP contribution in [0, 0.1) is 0 Å². The van der Waals surface area contributed by atoms with E-state index in [4.69, 9.17) is 4.74 Å². The third-order valence-corrected chi connectivity index (χ3v) is 5.43. The van der Waals surface area contributed by atoms with Gasteiger partial charge in [0.2, 0.25) is 17.7 Å². The van der Waals surface area contributed by atoms with Crippen LogP contribution in [0.25, 0.3) is 0 Å². The number of benzene rings is 2. The molecule has 0 spiro atoms. The predicted molar refractivity (Wildman–Crippen MR) is 126 cm³/mol. The molecule has 1 heterocycles. The molecule has 1 aliphatic heterocycles. The zero-order valence-electron chi connectivity index (χ0n) is 19.0. The quantitative estimate of drug-likeness (QED) is 0.513. The van der Waals surface area contributed by atoms with Gasteiger partial charge >= 0.3 is 0 Å². The highest BCUT2D eigenvalue weighted by Gasteiger charge is 2.17. The lowest BCUT2D eigenvalue weighted by atomic mass is 10.0. The molecular weight excluding hydrogens is 420 g/mol. The summed E-state index contributed by atoms with van der Waals surface area (Å²) >= 11 is 0. The Morgan fingerprint density at radius 1 is 1.00 bits per heavy atom. The van der Waals surface area contributed by atoms with Gasteiger partial charge in [-0.25, -0.2) is 0 Å². The van der Waals surface area contributed by atoms with E-state index in [-0.39, 0.29) is 30.2 Å². The summed E-state index contributed by atoms with van der Waals surface area (Å²) in [6.07, 6.45) is 0.562. The van der Waals surface area contributed by atoms with Gasteiger partial charge in [0.05, 0.1) is 25.7 Å². The van der Waals surface area contributed by atoms with E-state index in [1.165, 1.54) is 6.92 Å². The van der Waals surface area contributed by atoms with Crippen molar-refractivity contribution in [3.05, 3.63) is 65.7 Å². The van der Waals surface area contributed by atoms with Crippen LogP contribution >= 0.6 is 0 Å². The number of nitrogens with one attached hydrogen (secondary N) is 3. The molecule has 1 unspecified atom stereocenters. The average Bonchev–Trinajstić information content (AvgIpc) is 2.82. The van der Waals surface area contributed by atoms with E-state index in [2.05, 4.69) is 20.9 Å². The highest BCUT2D eigenvalue weighted by molar-refractivity contribution is 5.90. The highest BCUT2D eigenvalue weighted by atomic mass is 16.5. The van der Waals surface area contributed by atoms with E-state index in [0.717, 1.165) is 24.2 Å². The Hall–Kier alpha value is -3.23. The van der Waals surface area contributed by atoms with Crippen LogP contribution in [0.4, 0.5) is 5.69 Å². The molecule has 0 saturated carbocycles. The number of hydrogen-bond donors (Lipinski definition) is 3. The van der Waals surface area contributed by atoms with Crippen molar-refractivity contribution in [1.82, 2.24) is 15.5 Å². The lowest BCUT2D eigenvalue weighted by Crippen LogP contribution is -2.38. The average molecular weight is 453 g/mol. The Morgan fingerprint density at radius 3 is 2.48 bits per heavy atom. The Balaban J connectivity index is 1.47. The first-order chi connectivity index (χ1) is 16.0. The van der Waals surface area contributed by atoms with Crippen LogP contribution in [0.15, 0.2) is 54.6 Å². The molecule has 1 aliphatic rings. The first-order valence-electron chi connectivity index (χ1n) is 11.3. The highest BCUT2D eigenvalue weighted by Crippen LogP contribution is 2.17. The molecule has 0 aromatic heterocycles. The zero-order chi connectivity index (χ0) is 23.5. The fourth-order valence-electron chi connectivity index (χ4n) is 3.71. The second kappa shape index (κ2) is 12.7. The number of amides is 3. The van der Waals surface area contributed by atoms with Crippen molar-refractivity contribution >= 4 is 23.4 Å². The van der Waals surface area contributed by atoms with Gasteiger partial charge in [0.25, 0.3) is 0 Å². The van der Waals surface area contributed by atoms with Crippen LogP contribution in [-0.2, 0) is 25.7 Å². The van der Waals surface area contributed by atoms with Crippen LogP contribution in [0.2, 0.25) is 0 Å². The summed E-state index contributed by atoms with van der Waals surface area (Å²) < 4.78 is 5.32. The number of morpholine rings is 1. The van der Waals surface area contributed by atoms with E-state index < -0.39 is 0 Å². The van der Waals surface area contributed by atoms with Crippen molar-refractivity contribution in [2.75, 3.05) is 38.2 Å². The molecule has 33 heavy (non-hydrogen) atoms. The molecule has 8 nitrogen and oxygen atoms in total. The molecule has 3 N–H and O–H groups in total. The molecule has 2 aromatic rings. The summed E-state index contributed by atoms with van der Waals surface area (Å²) in [6, 6.07) is 16.5. The van der Waals surface area contributed by atoms with Crippen LogP contribution < -0.4 is 16.0 Å². The second-order valence-electron chi connectivity index (χ2n) is 8.10.